The molecule has 0 unspecified atom stereocenters. The Morgan fingerprint density at radius 3 is 1.58 bits per heavy atom. The highest BCUT2D eigenvalue weighted by Gasteiger charge is 2.20. The molecule has 0 N–H and O–H groups in total. The first kappa shape index (κ1) is 33.7. The highest BCUT2D eigenvalue weighted by molar-refractivity contribution is 7.26. The molecule has 0 aliphatic carbocycles. The summed E-state index contributed by atoms with van der Waals surface area (Å²) in [7, 11) is 0. The number of rotatable bonds is 6. The van der Waals surface area contributed by atoms with Gasteiger partial charge in [-0.25, -0.2) is 0 Å². The van der Waals surface area contributed by atoms with E-state index in [9.17, 15) is 0 Å². The third kappa shape index (κ3) is 5.55. The van der Waals surface area contributed by atoms with Crippen molar-refractivity contribution < 1.29 is 4.42 Å². The molecule has 12 aromatic rings. The van der Waals surface area contributed by atoms with Crippen LogP contribution in [-0.2, 0) is 0 Å². The second kappa shape index (κ2) is 13.6. The summed E-state index contributed by atoms with van der Waals surface area (Å²) in [6, 6.07) is 76.8. The van der Waals surface area contributed by atoms with Gasteiger partial charge in [0.05, 0.1) is 10.4 Å². The van der Waals surface area contributed by atoms with E-state index in [0.717, 1.165) is 39.1 Å². The second-order valence-corrected chi connectivity index (χ2v) is 16.3. The minimum atomic E-state index is 0.918. The van der Waals surface area contributed by atoms with Crippen molar-refractivity contribution >= 4 is 92.1 Å². The maximum Gasteiger partial charge on any atom is 0.143 e. The molecule has 10 aromatic carbocycles. The van der Waals surface area contributed by atoms with Crippen molar-refractivity contribution in [3.8, 4) is 33.4 Å². The van der Waals surface area contributed by atoms with Crippen LogP contribution in [0.4, 0.5) is 17.1 Å². The predicted octanol–water partition coefficient (Wildman–Crippen LogP) is 16.7. The van der Waals surface area contributed by atoms with Gasteiger partial charge in [0.25, 0.3) is 0 Å². The summed E-state index contributed by atoms with van der Waals surface area (Å²) in [5.41, 5.74) is 12.2. The van der Waals surface area contributed by atoms with Crippen LogP contribution in [0.25, 0.3) is 97.0 Å². The van der Waals surface area contributed by atoms with E-state index >= 15 is 0 Å². The van der Waals surface area contributed by atoms with Crippen molar-refractivity contribution in [2.45, 2.75) is 0 Å². The minimum Gasteiger partial charge on any atom is -0.455 e. The van der Waals surface area contributed by atoms with Gasteiger partial charge in [-0.2, -0.15) is 0 Å². The fourth-order valence-corrected chi connectivity index (χ4v) is 10.3. The van der Waals surface area contributed by atoms with Gasteiger partial charge in [0, 0.05) is 43.2 Å². The largest absolute Gasteiger partial charge is 0.455 e. The summed E-state index contributed by atoms with van der Waals surface area (Å²) in [4.78, 5) is 2.42. The summed E-state index contributed by atoms with van der Waals surface area (Å²) in [6.45, 7) is 0. The van der Waals surface area contributed by atoms with E-state index in [2.05, 4.69) is 217 Å². The van der Waals surface area contributed by atoms with Gasteiger partial charge in [-0.1, -0.05) is 170 Å². The van der Waals surface area contributed by atoms with Gasteiger partial charge >= 0.3 is 0 Å². The lowest BCUT2D eigenvalue weighted by molar-refractivity contribution is 0.670. The molecular formula is C56H35NOS. The van der Waals surface area contributed by atoms with E-state index in [4.69, 9.17) is 4.42 Å². The first-order valence-electron chi connectivity index (χ1n) is 20.1. The number of benzene rings is 10. The Morgan fingerprint density at radius 1 is 0.356 bits per heavy atom. The SMILES string of the molecule is c1ccc(-c2ccc(N(c3ccc(-c4ccc(-c5cccc6c5oc5ccc7ccccc7c56)cc4)cc3)c3cccc4c3sc3ccc5ccccc5c34)cc2)cc1. The van der Waals surface area contributed by atoms with Crippen LogP contribution in [0.15, 0.2) is 217 Å². The van der Waals surface area contributed by atoms with Gasteiger partial charge in [0.1, 0.15) is 11.2 Å². The molecule has 0 atom stereocenters. The molecule has 59 heavy (non-hydrogen) atoms. The third-order valence-corrected chi connectivity index (χ3v) is 13.1. The van der Waals surface area contributed by atoms with E-state index in [1.807, 2.05) is 11.3 Å². The molecule has 0 aliphatic heterocycles. The highest BCUT2D eigenvalue weighted by atomic mass is 32.1. The topological polar surface area (TPSA) is 16.4 Å². The van der Waals surface area contributed by atoms with Crippen molar-refractivity contribution in [1.29, 1.82) is 0 Å². The number of fused-ring (bicyclic) bond motifs is 10. The molecular weight excluding hydrogens is 735 g/mol. The number of anilines is 3. The van der Waals surface area contributed by atoms with Crippen molar-refractivity contribution in [1.82, 2.24) is 0 Å². The van der Waals surface area contributed by atoms with Crippen molar-refractivity contribution in [3.63, 3.8) is 0 Å². The zero-order valence-electron chi connectivity index (χ0n) is 32.0. The first-order chi connectivity index (χ1) is 29.2. The maximum absolute atomic E-state index is 6.56. The molecule has 2 heterocycles. The van der Waals surface area contributed by atoms with E-state index in [-0.39, 0.29) is 0 Å². The Labute approximate surface area is 345 Å². The quantitative estimate of drug-likeness (QED) is 0.167. The van der Waals surface area contributed by atoms with Crippen molar-refractivity contribution in [2.75, 3.05) is 4.90 Å². The normalized spacial score (nSPS) is 11.7. The van der Waals surface area contributed by atoms with Gasteiger partial charge in [-0.15, -0.1) is 11.3 Å². The van der Waals surface area contributed by atoms with Gasteiger partial charge in [0.2, 0.25) is 0 Å². The maximum atomic E-state index is 6.56. The molecule has 0 saturated carbocycles. The number of hydrogen-bond acceptors (Lipinski definition) is 3. The van der Waals surface area contributed by atoms with Crippen LogP contribution in [-0.4, -0.2) is 0 Å². The standard InChI is InChI=1S/C56H35NOS/c1-2-10-36(11-3-1)38-24-30-43(31-25-38)57(50-19-9-18-49-54-46-15-7-5-13-41(46)29-35-52(54)59-56(49)50)44-32-26-39(27-33-44)37-20-22-42(23-21-37)47-16-8-17-48-53-45-14-6-4-12-40(45)28-34-51(53)58-55(47)48/h1-35H. The van der Waals surface area contributed by atoms with Crippen LogP contribution < -0.4 is 4.90 Å². The van der Waals surface area contributed by atoms with E-state index in [1.165, 1.54) is 75.0 Å². The molecule has 0 bridgehead atoms. The Balaban J connectivity index is 0.935. The van der Waals surface area contributed by atoms with Crippen LogP contribution in [0.2, 0.25) is 0 Å². The molecule has 0 amide bonds. The minimum absolute atomic E-state index is 0.918. The van der Waals surface area contributed by atoms with Crippen LogP contribution in [0.3, 0.4) is 0 Å². The van der Waals surface area contributed by atoms with Gasteiger partial charge in [-0.3, -0.25) is 0 Å². The summed E-state index contributed by atoms with van der Waals surface area (Å²) >= 11 is 1.87. The summed E-state index contributed by atoms with van der Waals surface area (Å²) in [5, 5.41) is 9.94. The van der Waals surface area contributed by atoms with Crippen LogP contribution in [0.5, 0.6) is 0 Å². The molecule has 0 fully saturated rings. The Bertz CT molecular complexity index is 3530. The lowest BCUT2D eigenvalue weighted by Gasteiger charge is -2.26. The third-order valence-electron chi connectivity index (χ3n) is 11.9. The number of furan rings is 1. The molecule has 2 nitrogen and oxygen atoms in total. The molecule has 0 radical (unpaired) electrons. The molecule has 12 rings (SSSR count). The smallest absolute Gasteiger partial charge is 0.143 e. The lowest BCUT2D eigenvalue weighted by Crippen LogP contribution is -2.10. The Kier molecular flexibility index (Phi) is 7.75. The monoisotopic (exact) mass is 769 g/mol. The van der Waals surface area contributed by atoms with E-state index in [1.54, 1.807) is 0 Å². The number of thiophene rings is 1. The molecule has 276 valence electrons. The Hall–Kier alpha value is -7.46. The van der Waals surface area contributed by atoms with Crippen LogP contribution in [0, 0.1) is 0 Å². The summed E-state index contributed by atoms with van der Waals surface area (Å²) in [6.07, 6.45) is 0. The van der Waals surface area contributed by atoms with Gasteiger partial charge in [0.15, 0.2) is 0 Å². The number of para-hydroxylation sites is 1. The fraction of sp³-hybridized carbons (Fsp3) is 0. The average molecular weight is 770 g/mol. The molecule has 0 aliphatic rings. The summed E-state index contributed by atoms with van der Waals surface area (Å²) < 4.78 is 9.13. The zero-order chi connectivity index (χ0) is 38.9. The number of hydrogen-bond donors (Lipinski definition) is 0. The van der Waals surface area contributed by atoms with Crippen molar-refractivity contribution in [2.24, 2.45) is 0 Å². The van der Waals surface area contributed by atoms with Gasteiger partial charge in [-0.05, 0) is 91.8 Å². The first-order valence-corrected chi connectivity index (χ1v) is 20.9. The zero-order valence-corrected chi connectivity index (χ0v) is 32.8. The average Bonchev–Trinajstić information content (AvgIpc) is 3.90. The number of nitrogens with zero attached hydrogens (tertiary/aromatic N) is 1. The Morgan fingerprint density at radius 2 is 0.881 bits per heavy atom. The van der Waals surface area contributed by atoms with Crippen molar-refractivity contribution in [3.05, 3.63) is 212 Å². The van der Waals surface area contributed by atoms with E-state index in [0.29, 0.717) is 0 Å². The second-order valence-electron chi connectivity index (χ2n) is 15.2. The molecule has 2 aromatic heterocycles. The lowest BCUT2D eigenvalue weighted by atomic mass is 9.97. The molecule has 3 heteroatoms. The van der Waals surface area contributed by atoms with Gasteiger partial charge < -0.3 is 9.32 Å². The fourth-order valence-electron chi connectivity index (χ4n) is 9.03. The van der Waals surface area contributed by atoms with Crippen LogP contribution >= 0.6 is 11.3 Å². The highest BCUT2D eigenvalue weighted by Crippen LogP contribution is 2.47. The molecule has 0 spiro atoms. The predicted molar refractivity (Wildman–Crippen MR) is 253 cm³/mol. The van der Waals surface area contributed by atoms with E-state index < -0.39 is 0 Å². The molecule has 0 saturated heterocycles. The summed E-state index contributed by atoms with van der Waals surface area (Å²) in [5.74, 6) is 0. The van der Waals surface area contributed by atoms with Crippen LogP contribution in [0.1, 0.15) is 0 Å².